The maximum atomic E-state index is 12.9. The van der Waals surface area contributed by atoms with Gasteiger partial charge in [-0.2, -0.15) is 4.31 Å². The van der Waals surface area contributed by atoms with Crippen LogP contribution in [-0.2, 0) is 23.1 Å². The lowest BCUT2D eigenvalue weighted by atomic mass is 10.1. The second kappa shape index (κ2) is 11.3. The number of rotatable bonds is 9. The molecule has 6 nitrogen and oxygen atoms in total. The van der Waals surface area contributed by atoms with Crippen LogP contribution in [0.25, 0.3) is 0 Å². The van der Waals surface area contributed by atoms with Gasteiger partial charge in [0.25, 0.3) is 5.91 Å². The Bertz CT molecular complexity index is 1020. The van der Waals surface area contributed by atoms with E-state index in [0.29, 0.717) is 19.6 Å². The van der Waals surface area contributed by atoms with E-state index in [2.05, 4.69) is 22.3 Å². The SMILES string of the molecule is CCN(CC)S(=O)(=O)c1cc(C(=O)NCc2ccc(CN3CCCCC3)cc2)ccc1Cl. The average molecular weight is 478 g/mol. The zero-order valence-corrected chi connectivity index (χ0v) is 20.4. The zero-order valence-electron chi connectivity index (χ0n) is 18.8. The molecule has 1 N–H and O–H groups in total. The Morgan fingerprint density at radius 1 is 1.00 bits per heavy atom. The van der Waals surface area contributed by atoms with Gasteiger partial charge in [0.1, 0.15) is 4.90 Å². The molecule has 0 saturated carbocycles. The van der Waals surface area contributed by atoms with Crippen LogP contribution in [0, 0.1) is 0 Å². The molecule has 1 saturated heterocycles. The molecular formula is C24H32ClN3O3S. The van der Waals surface area contributed by atoms with Crippen molar-refractivity contribution in [1.29, 1.82) is 0 Å². The van der Waals surface area contributed by atoms with Crippen molar-refractivity contribution in [3.8, 4) is 0 Å². The van der Waals surface area contributed by atoms with E-state index in [-0.39, 0.29) is 21.4 Å². The molecule has 1 aliphatic rings. The summed E-state index contributed by atoms with van der Waals surface area (Å²) in [5.41, 5.74) is 2.53. The Morgan fingerprint density at radius 3 is 2.25 bits per heavy atom. The number of likely N-dealkylation sites (tertiary alicyclic amines) is 1. The number of piperidine rings is 1. The first-order chi connectivity index (χ1) is 15.3. The lowest BCUT2D eigenvalue weighted by Crippen LogP contribution is -2.31. The summed E-state index contributed by atoms with van der Waals surface area (Å²) in [7, 11) is -3.75. The summed E-state index contributed by atoms with van der Waals surface area (Å²) in [6.45, 7) is 7.84. The van der Waals surface area contributed by atoms with Gasteiger partial charge >= 0.3 is 0 Å². The van der Waals surface area contributed by atoms with Crippen molar-refractivity contribution >= 4 is 27.5 Å². The lowest BCUT2D eigenvalue weighted by molar-refractivity contribution is 0.0950. The number of nitrogens with zero attached hydrogens (tertiary/aromatic N) is 2. The fraction of sp³-hybridized carbons (Fsp3) is 0.458. The summed E-state index contributed by atoms with van der Waals surface area (Å²) in [5.74, 6) is -0.338. The monoisotopic (exact) mass is 477 g/mol. The summed E-state index contributed by atoms with van der Waals surface area (Å²) < 4.78 is 27.0. The third-order valence-electron chi connectivity index (χ3n) is 5.85. The van der Waals surface area contributed by atoms with Gasteiger partial charge in [-0.1, -0.05) is 56.1 Å². The van der Waals surface area contributed by atoms with Crippen molar-refractivity contribution in [2.24, 2.45) is 0 Å². The van der Waals surface area contributed by atoms with E-state index in [9.17, 15) is 13.2 Å². The minimum Gasteiger partial charge on any atom is -0.348 e. The van der Waals surface area contributed by atoms with Gasteiger partial charge in [-0.15, -0.1) is 0 Å². The number of halogens is 1. The summed E-state index contributed by atoms with van der Waals surface area (Å²) in [5, 5.41) is 2.98. The van der Waals surface area contributed by atoms with E-state index >= 15 is 0 Å². The molecule has 0 atom stereocenters. The first-order valence-corrected chi connectivity index (χ1v) is 13.0. The highest BCUT2D eigenvalue weighted by atomic mass is 35.5. The summed E-state index contributed by atoms with van der Waals surface area (Å²) >= 11 is 6.16. The van der Waals surface area contributed by atoms with E-state index in [4.69, 9.17) is 11.6 Å². The number of hydrogen-bond acceptors (Lipinski definition) is 4. The Labute approximate surface area is 196 Å². The largest absolute Gasteiger partial charge is 0.348 e. The molecule has 8 heteroatoms. The van der Waals surface area contributed by atoms with E-state index in [1.807, 2.05) is 12.1 Å². The van der Waals surface area contributed by atoms with Crippen LogP contribution in [0.15, 0.2) is 47.4 Å². The maximum absolute atomic E-state index is 12.9. The predicted molar refractivity (Wildman–Crippen MR) is 128 cm³/mol. The van der Waals surface area contributed by atoms with Crippen LogP contribution in [0.4, 0.5) is 0 Å². The Hall–Kier alpha value is -1.93. The molecule has 32 heavy (non-hydrogen) atoms. The zero-order chi connectivity index (χ0) is 23.1. The topological polar surface area (TPSA) is 69.7 Å². The van der Waals surface area contributed by atoms with Crippen LogP contribution in [0.5, 0.6) is 0 Å². The molecule has 1 aliphatic heterocycles. The summed E-state index contributed by atoms with van der Waals surface area (Å²) in [4.78, 5) is 15.1. The number of sulfonamides is 1. The van der Waals surface area contributed by atoms with Gasteiger partial charge < -0.3 is 5.32 Å². The Balaban J connectivity index is 1.63. The first-order valence-electron chi connectivity index (χ1n) is 11.2. The van der Waals surface area contributed by atoms with Gasteiger partial charge in [0, 0.05) is 31.7 Å². The fourth-order valence-corrected chi connectivity index (χ4v) is 5.93. The van der Waals surface area contributed by atoms with E-state index in [1.165, 1.54) is 41.3 Å². The number of nitrogens with one attached hydrogen (secondary N) is 1. The Kier molecular flexibility index (Phi) is 8.71. The number of carbonyl (C=O) groups excluding carboxylic acids is 1. The van der Waals surface area contributed by atoms with Crippen molar-refractivity contribution in [1.82, 2.24) is 14.5 Å². The molecular weight excluding hydrogens is 446 g/mol. The maximum Gasteiger partial charge on any atom is 0.251 e. The van der Waals surface area contributed by atoms with Crippen LogP contribution < -0.4 is 5.32 Å². The number of carbonyl (C=O) groups is 1. The predicted octanol–water partition coefficient (Wildman–Crippen LogP) is 4.29. The highest BCUT2D eigenvalue weighted by molar-refractivity contribution is 7.89. The number of benzene rings is 2. The standard InChI is InChI=1S/C24H32ClN3O3S/c1-3-28(4-2)32(30,31)23-16-21(12-13-22(23)25)24(29)26-17-19-8-10-20(11-9-19)18-27-14-6-5-7-15-27/h8-13,16H,3-7,14-15,17-18H2,1-2H3,(H,26,29). The molecule has 1 heterocycles. The second-order valence-electron chi connectivity index (χ2n) is 8.07. The molecule has 0 aliphatic carbocycles. The van der Waals surface area contributed by atoms with Crippen LogP contribution in [0.2, 0.25) is 5.02 Å². The van der Waals surface area contributed by atoms with Crippen molar-refractivity contribution in [2.75, 3.05) is 26.2 Å². The molecule has 2 aromatic carbocycles. The summed E-state index contributed by atoms with van der Waals surface area (Å²) in [6.07, 6.45) is 3.87. The second-order valence-corrected chi connectivity index (χ2v) is 10.4. The Morgan fingerprint density at radius 2 is 1.62 bits per heavy atom. The minimum absolute atomic E-state index is 0.0439. The lowest BCUT2D eigenvalue weighted by Gasteiger charge is -2.26. The highest BCUT2D eigenvalue weighted by Crippen LogP contribution is 2.26. The third-order valence-corrected chi connectivity index (χ3v) is 8.38. The van der Waals surface area contributed by atoms with Gasteiger partial charge in [-0.25, -0.2) is 8.42 Å². The minimum atomic E-state index is -3.75. The van der Waals surface area contributed by atoms with E-state index in [0.717, 1.165) is 25.2 Å². The van der Waals surface area contributed by atoms with Crippen LogP contribution in [0.3, 0.4) is 0 Å². The van der Waals surface area contributed by atoms with Crippen molar-refractivity contribution in [2.45, 2.75) is 51.1 Å². The van der Waals surface area contributed by atoms with Crippen LogP contribution in [-0.4, -0.2) is 49.7 Å². The van der Waals surface area contributed by atoms with Crippen molar-refractivity contribution in [3.05, 3.63) is 64.2 Å². The first kappa shape index (κ1) is 24.7. The van der Waals surface area contributed by atoms with E-state index in [1.54, 1.807) is 19.9 Å². The van der Waals surface area contributed by atoms with E-state index < -0.39 is 10.0 Å². The van der Waals surface area contributed by atoms with Crippen LogP contribution >= 0.6 is 11.6 Å². The number of hydrogen-bond donors (Lipinski definition) is 1. The van der Waals surface area contributed by atoms with Gasteiger partial charge in [0.15, 0.2) is 0 Å². The molecule has 174 valence electrons. The molecule has 2 aromatic rings. The molecule has 1 fully saturated rings. The normalized spacial score (nSPS) is 15.1. The quantitative estimate of drug-likeness (QED) is 0.585. The highest BCUT2D eigenvalue weighted by Gasteiger charge is 2.25. The smallest absolute Gasteiger partial charge is 0.251 e. The molecule has 0 spiro atoms. The van der Waals surface area contributed by atoms with Crippen molar-refractivity contribution < 1.29 is 13.2 Å². The third kappa shape index (κ3) is 6.10. The average Bonchev–Trinajstić information content (AvgIpc) is 2.80. The van der Waals surface area contributed by atoms with Crippen LogP contribution in [0.1, 0.15) is 54.6 Å². The summed E-state index contributed by atoms with van der Waals surface area (Å²) in [6, 6.07) is 12.6. The number of amides is 1. The molecule has 0 radical (unpaired) electrons. The molecule has 3 rings (SSSR count). The van der Waals surface area contributed by atoms with Gasteiger partial charge in [-0.3, -0.25) is 9.69 Å². The molecule has 0 aromatic heterocycles. The van der Waals surface area contributed by atoms with Crippen molar-refractivity contribution in [3.63, 3.8) is 0 Å². The fourth-order valence-electron chi connectivity index (χ4n) is 3.97. The molecule has 0 unspecified atom stereocenters. The van der Waals surface area contributed by atoms with Gasteiger partial charge in [0.2, 0.25) is 10.0 Å². The molecule has 0 bridgehead atoms. The van der Waals surface area contributed by atoms with Gasteiger partial charge in [-0.05, 0) is 55.3 Å². The molecule has 1 amide bonds. The van der Waals surface area contributed by atoms with Gasteiger partial charge in [0.05, 0.1) is 5.02 Å².